The lowest BCUT2D eigenvalue weighted by atomic mass is 9.94. The van der Waals surface area contributed by atoms with Gasteiger partial charge in [0.1, 0.15) is 0 Å². The molecule has 2 rings (SSSR count). The number of hydrogen-bond acceptors (Lipinski definition) is 4. The van der Waals surface area contributed by atoms with Crippen LogP contribution < -0.4 is 5.32 Å². The Hall–Kier alpha value is -1.33. The van der Waals surface area contributed by atoms with E-state index < -0.39 is 11.6 Å². The van der Waals surface area contributed by atoms with Gasteiger partial charge in [-0.05, 0) is 19.3 Å². The molecule has 0 bridgehead atoms. The molecule has 5 nitrogen and oxygen atoms in total. The maximum absolute atomic E-state index is 11.8. The van der Waals surface area contributed by atoms with Crippen LogP contribution in [0.3, 0.4) is 0 Å². The summed E-state index contributed by atoms with van der Waals surface area (Å²) in [6.45, 7) is 1.24. The van der Waals surface area contributed by atoms with E-state index in [2.05, 4.69) is 11.4 Å². The van der Waals surface area contributed by atoms with E-state index in [4.69, 9.17) is 9.47 Å². The average molecular weight is 267 g/mol. The highest BCUT2D eigenvalue weighted by molar-refractivity contribution is 5.68. The SMILES string of the molecule is O=C(NC1(CO)CCCOC1)OCC1C=CC=CC1. The second kappa shape index (κ2) is 6.73. The van der Waals surface area contributed by atoms with Crippen LogP contribution in [0.25, 0.3) is 0 Å². The Labute approximate surface area is 113 Å². The van der Waals surface area contributed by atoms with Gasteiger partial charge >= 0.3 is 6.09 Å². The van der Waals surface area contributed by atoms with Gasteiger partial charge in [0.2, 0.25) is 0 Å². The molecule has 106 valence electrons. The summed E-state index contributed by atoms with van der Waals surface area (Å²) >= 11 is 0. The van der Waals surface area contributed by atoms with E-state index in [0.29, 0.717) is 26.2 Å². The molecule has 2 atom stereocenters. The smallest absolute Gasteiger partial charge is 0.407 e. The maximum atomic E-state index is 11.8. The minimum absolute atomic E-state index is 0.131. The third-order valence-corrected chi connectivity index (χ3v) is 3.49. The summed E-state index contributed by atoms with van der Waals surface area (Å²) in [5.74, 6) is 0.239. The molecule has 1 saturated heterocycles. The summed E-state index contributed by atoms with van der Waals surface area (Å²) in [5, 5.41) is 12.2. The quantitative estimate of drug-likeness (QED) is 0.807. The van der Waals surface area contributed by atoms with E-state index in [9.17, 15) is 9.90 Å². The Morgan fingerprint density at radius 3 is 3.05 bits per heavy atom. The van der Waals surface area contributed by atoms with E-state index in [-0.39, 0.29) is 12.5 Å². The van der Waals surface area contributed by atoms with E-state index in [1.165, 1.54) is 0 Å². The molecular weight excluding hydrogens is 246 g/mol. The van der Waals surface area contributed by atoms with Gasteiger partial charge in [-0.1, -0.05) is 24.3 Å². The number of carbonyl (C=O) groups is 1. The highest BCUT2D eigenvalue weighted by atomic mass is 16.5. The van der Waals surface area contributed by atoms with Gasteiger partial charge in [-0.2, -0.15) is 0 Å². The minimum Gasteiger partial charge on any atom is -0.449 e. The highest BCUT2D eigenvalue weighted by Gasteiger charge is 2.34. The van der Waals surface area contributed by atoms with Gasteiger partial charge in [-0.25, -0.2) is 4.79 Å². The number of aliphatic hydroxyl groups excluding tert-OH is 1. The molecule has 2 unspecified atom stereocenters. The third-order valence-electron chi connectivity index (χ3n) is 3.49. The average Bonchev–Trinajstić information content (AvgIpc) is 2.47. The first-order chi connectivity index (χ1) is 9.24. The van der Waals surface area contributed by atoms with Crippen LogP contribution in [-0.2, 0) is 9.47 Å². The maximum Gasteiger partial charge on any atom is 0.407 e. The van der Waals surface area contributed by atoms with E-state index in [1.54, 1.807) is 0 Å². The highest BCUT2D eigenvalue weighted by Crippen LogP contribution is 2.19. The predicted octanol–water partition coefficient (Wildman–Crippen LogP) is 1.39. The van der Waals surface area contributed by atoms with Crippen molar-refractivity contribution in [2.24, 2.45) is 5.92 Å². The number of ether oxygens (including phenoxy) is 2. The zero-order valence-corrected chi connectivity index (χ0v) is 11.0. The number of carbonyl (C=O) groups excluding carboxylic acids is 1. The third kappa shape index (κ3) is 4.08. The molecule has 1 aliphatic carbocycles. The van der Waals surface area contributed by atoms with Crippen molar-refractivity contribution in [1.82, 2.24) is 5.32 Å². The van der Waals surface area contributed by atoms with Gasteiger partial charge in [0.15, 0.2) is 0 Å². The lowest BCUT2D eigenvalue weighted by molar-refractivity contribution is -0.00813. The van der Waals surface area contributed by atoms with Gasteiger partial charge in [0.25, 0.3) is 0 Å². The molecule has 0 radical (unpaired) electrons. The van der Waals surface area contributed by atoms with Crippen molar-refractivity contribution in [3.05, 3.63) is 24.3 Å². The molecule has 0 aromatic rings. The summed E-state index contributed by atoms with van der Waals surface area (Å²) in [7, 11) is 0. The molecule has 1 fully saturated rings. The van der Waals surface area contributed by atoms with Crippen LogP contribution in [0, 0.1) is 5.92 Å². The number of allylic oxidation sites excluding steroid dienone is 3. The van der Waals surface area contributed by atoms with Gasteiger partial charge < -0.3 is 19.9 Å². The number of hydrogen-bond donors (Lipinski definition) is 2. The van der Waals surface area contributed by atoms with Crippen molar-refractivity contribution >= 4 is 6.09 Å². The number of nitrogens with one attached hydrogen (secondary N) is 1. The molecule has 19 heavy (non-hydrogen) atoms. The molecule has 0 saturated carbocycles. The fraction of sp³-hybridized carbons (Fsp3) is 0.643. The molecule has 0 aromatic carbocycles. The number of aliphatic hydroxyl groups is 1. The standard InChI is InChI=1S/C14H21NO4/c16-10-14(7-4-8-18-11-14)15-13(17)19-9-12-5-2-1-3-6-12/h1-3,5,12,16H,4,6-11H2,(H,15,17). The molecule has 2 aliphatic rings. The predicted molar refractivity (Wildman–Crippen MR) is 70.7 cm³/mol. The molecule has 0 spiro atoms. The first-order valence-electron chi connectivity index (χ1n) is 6.71. The Morgan fingerprint density at radius 2 is 2.42 bits per heavy atom. The molecule has 2 N–H and O–H groups in total. The zero-order chi connectivity index (χ0) is 13.6. The molecule has 1 amide bonds. The minimum atomic E-state index is -0.683. The molecule has 0 aromatic heterocycles. The van der Waals surface area contributed by atoms with Crippen molar-refractivity contribution in [1.29, 1.82) is 0 Å². The fourth-order valence-corrected chi connectivity index (χ4v) is 2.31. The van der Waals surface area contributed by atoms with Gasteiger partial charge in [0.05, 0.1) is 25.4 Å². The second-order valence-corrected chi connectivity index (χ2v) is 5.13. The van der Waals surface area contributed by atoms with Crippen LogP contribution in [0.15, 0.2) is 24.3 Å². The van der Waals surface area contributed by atoms with Crippen LogP contribution in [0.4, 0.5) is 4.79 Å². The Kier molecular flexibility index (Phi) is 4.99. The van der Waals surface area contributed by atoms with Crippen molar-refractivity contribution in [2.75, 3.05) is 26.4 Å². The lowest BCUT2D eigenvalue weighted by Crippen LogP contribution is -2.56. The van der Waals surface area contributed by atoms with Crippen LogP contribution in [0.2, 0.25) is 0 Å². The molecular formula is C14H21NO4. The monoisotopic (exact) mass is 267 g/mol. The van der Waals surface area contributed by atoms with E-state index >= 15 is 0 Å². The number of amides is 1. The van der Waals surface area contributed by atoms with Crippen molar-refractivity contribution in [3.8, 4) is 0 Å². The van der Waals surface area contributed by atoms with Crippen molar-refractivity contribution in [3.63, 3.8) is 0 Å². The van der Waals surface area contributed by atoms with Crippen LogP contribution in [-0.4, -0.2) is 43.2 Å². The van der Waals surface area contributed by atoms with Crippen LogP contribution in [0.5, 0.6) is 0 Å². The summed E-state index contributed by atoms with van der Waals surface area (Å²) in [4.78, 5) is 11.8. The van der Waals surface area contributed by atoms with E-state index in [0.717, 1.165) is 12.8 Å². The summed E-state index contributed by atoms with van der Waals surface area (Å²) in [6.07, 6.45) is 9.97. The van der Waals surface area contributed by atoms with Crippen molar-refractivity contribution < 1.29 is 19.4 Å². The molecule has 1 heterocycles. The second-order valence-electron chi connectivity index (χ2n) is 5.13. The first kappa shape index (κ1) is 14.1. The number of rotatable bonds is 4. The topological polar surface area (TPSA) is 67.8 Å². The van der Waals surface area contributed by atoms with Gasteiger partial charge in [-0.15, -0.1) is 0 Å². The largest absolute Gasteiger partial charge is 0.449 e. The molecule has 5 heteroatoms. The van der Waals surface area contributed by atoms with Gasteiger partial charge in [0, 0.05) is 12.5 Å². The molecule has 1 aliphatic heterocycles. The number of alkyl carbamates (subject to hydrolysis) is 1. The summed E-state index contributed by atoms with van der Waals surface area (Å²) < 4.78 is 10.5. The van der Waals surface area contributed by atoms with E-state index in [1.807, 2.05) is 18.2 Å². The normalized spacial score (nSPS) is 30.1. The lowest BCUT2D eigenvalue weighted by Gasteiger charge is -2.35. The fourth-order valence-electron chi connectivity index (χ4n) is 2.31. The summed E-state index contributed by atoms with van der Waals surface area (Å²) in [6, 6.07) is 0. The van der Waals surface area contributed by atoms with Crippen LogP contribution in [0.1, 0.15) is 19.3 Å². The summed E-state index contributed by atoms with van der Waals surface area (Å²) in [5.41, 5.74) is -0.683. The van der Waals surface area contributed by atoms with Gasteiger partial charge in [-0.3, -0.25) is 0 Å². The zero-order valence-electron chi connectivity index (χ0n) is 11.0. The Morgan fingerprint density at radius 1 is 1.53 bits per heavy atom. The Balaban J connectivity index is 1.76. The first-order valence-corrected chi connectivity index (χ1v) is 6.71. The van der Waals surface area contributed by atoms with Crippen LogP contribution >= 0.6 is 0 Å². The van der Waals surface area contributed by atoms with Crippen molar-refractivity contribution in [2.45, 2.75) is 24.8 Å². The Bertz CT molecular complexity index is 358.